The summed E-state index contributed by atoms with van der Waals surface area (Å²) in [4.78, 5) is 17.1. The van der Waals surface area contributed by atoms with Crippen LogP contribution >= 0.6 is 11.3 Å². The molecule has 0 saturated heterocycles. The highest BCUT2D eigenvalue weighted by Crippen LogP contribution is 2.14. The van der Waals surface area contributed by atoms with Gasteiger partial charge in [-0.25, -0.2) is 4.98 Å². The molecule has 18 heavy (non-hydrogen) atoms. The molecule has 0 unspecified atom stereocenters. The summed E-state index contributed by atoms with van der Waals surface area (Å²) in [6.45, 7) is 3.79. The highest BCUT2D eigenvalue weighted by atomic mass is 32.1. The van der Waals surface area contributed by atoms with Crippen molar-refractivity contribution >= 4 is 17.2 Å². The molecule has 1 amide bonds. The Bertz CT molecular complexity index is 532. The quantitative estimate of drug-likeness (QED) is 0.850. The molecule has 2 rings (SSSR count). The molecular formula is C12H16N4OS. The van der Waals surface area contributed by atoms with Gasteiger partial charge in [0.25, 0.3) is 5.91 Å². The minimum absolute atomic E-state index is 0.154. The van der Waals surface area contributed by atoms with Gasteiger partial charge in [-0.1, -0.05) is 0 Å². The number of aryl methyl sites for hydroxylation is 1. The fraction of sp³-hybridized carbons (Fsp3) is 0.333. The largest absolute Gasteiger partial charge is 0.346 e. The maximum Gasteiger partial charge on any atom is 0.271 e. The summed E-state index contributed by atoms with van der Waals surface area (Å²) in [6.07, 6.45) is 3.33. The van der Waals surface area contributed by atoms with E-state index in [1.165, 1.54) is 10.4 Å². The Balaban J connectivity index is 1.93. The second kappa shape index (κ2) is 5.79. The Hall–Kier alpha value is -1.66. The van der Waals surface area contributed by atoms with Gasteiger partial charge in [-0.15, -0.1) is 11.3 Å². The number of nitrogens with zero attached hydrogens (tertiary/aromatic N) is 2. The zero-order valence-corrected chi connectivity index (χ0v) is 11.0. The molecule has 2 aromatic heterocycles. The number of thiophene rings is 1. The number of rotatable bonds is 5. The minimum Gasteiger partial charge on any atom is -0.346 e. The van der Waals surface area contributed by atoms with Crippen LogP contribution in [0.1, 0.15) is 20.9 Å². The molecule has 0 aliphatic heterocycles. The Morgan fingerprint density at radius 2 is 2.44 bits per heavy atom. The van der Waals surface area contributed by atoms with Crippen LogP contribution in [-0.4, -0.2) is 22.0 Å². The van der Waals surface area contributed by atoms with Gasteiger partial charge < -0.3 is 15.6 Å². The molecular weight excluding hydrogens is 248 g/mol. The van der Waals surface area contributed by atoms with Crippen LogP contribution in [0.25, 0.3) is 0 Å². The maximum atomic E-state index is 11.9. The molecule has 2 heterocycles. The van der Waals surface area contributed by atoms with Crippen molar-refractivity contribution in [2.45, 2.75) is 20.0 Å². The lowest BCUT2D eigenvalue weighted by Gasteiger charge is -2.02. The third-order valence-corrected chi connectivity index (χ3v) is 3.65. The van der Waals surface area contributed by atoms with Crippen molar-refractivity contribution in [1.82, 2.24) is 14.9 Å². The first-order chi connectivity index (χ1) is 8.70. The summed E-state index contributed by atoms with van der Waals surface area (Å²) in [5, 5.41) is 4.88. The third kappa shape index (κ3) is 2.96. The van der Waals surface area contributed by atoms with Gasteiger partial charge in [0.15, 0.2) is 0 Å². The summed E-state index contributed by atoms with van der Waals surface area (Å²) in [7, 11) is 0. The lowest BCUT2D eigenvalue weighted by Crippen LogP contribution is -2.23. The number of carbonyl (C=O) groups excluding carboxylic acids is 1. The normalized spacial score (nSPS) is 10.6. The average molecular weight is 264 g/mol. The van der Waals surface area contributed by atoms with E-state index >= 15 is 0 Å². The number of carbonyl (C=O) groups is 1. The molecule has 2 aromatic rings. The van der Waals surface area contributed by atoms with Gasteiger partial charge in [-0.2, -0.15) is 0 Å². The van der Waals surface area contributed by atoms with Crippen molar-refractivity contribution in [2.75, 3.05) is 6.54 Å². The lowest BCUT2D eigenvalue weighted by atomic mass is 10.3. The van der Waals surface area contributed by atoms with Crippen LogP contribution in [0.4, 0.5) is 0 Å². The summed E-state index contributed by atoms with van der Waals surface area (Å²) in [5.41, 5.74) is 7.07. The van der Waals surface area contributed by atoms with Crippen molar-refractivity contribution in [3.8, 4) is 0 Å². The van der Waals surface area contributed by atoms with Gasteiger partial charge in [0, 0.05) is 24.2 Å². The Morgan fingerprint density at radius 3 is 3.11 bits per heavy atom. The highest BCUT2D eigenvalue weighted by Gasteiger charge is 2.09. The summed E-state index contributed by atoms with van der Waals surface area (Å²) in [6, 6.07) is 2.04. The monoisotopic (exact) mass is 264 g/mol. The van der Waals surface area contributed by atoms with E-state index in [1.54, 1.807) is 23.9 Å². The topological polar surface area (TPSA) is 72.9 Å². The summed E-state index contributed by atoms with van der Waals surface area (Å²) in [5.74, 6) is -0.154. The molecule has 0 aliphatic rings. The zero-order valence-electron chi connectivity index (χ0n) is 10.2. The van der Waals surface area contributed by atoms with E-state index in [9.17, 15) is 4.79 Å². The van der Waals surface area contributed by atoms with Crippen LogP contribution in [-0.2, 0) is 13.1 Å². The van der Waals surface area contributed by atoms with Crippen molar-refractivity contribution < 1.29 is 4.79 Å². The van der Waals surface area contributed by atoms with Crippen LogP contribution in [0.15, 0.2) is 24.0 Å². The molecule has 0 aromatic carbocycles. The molecule has 0 aliphatic carbocycles. The second-order valence-corrected chi connectivity index (χ2v) is 5.00. The van der Waals surface area contributed by atoms with E-state index in [4.69, 9.17) is 5.73 Å². The van der Waals surface area contributed by atoms with E-state index in [2.05, 4.69) is 10.3 Å². The van der Waals surface area contributed by atoms with E-state index in [0.29, 0.717) is 25.3 Å². The van der Waals surface area contributed by atoms with Crippen molar-refractivity contribution in [2.24, 2.45) is 5.73 Å². The summed E-state index contributed by atoms with van der Waals surface area (Å²) < 4.78 is 1.81. The lowest BCUT2D eigenvalue weighted by molar-refractivity contribution is 0.0946. The van der Waals surface area contributed by atoms with E-state index < -0.39 is 0 Å². The molecule has 0 saturated carbocycles. The standard InChI is InChI=1S/C12H16N4OS/c1-9-2-5-18-11(9)6-14-12(17)10-7-16(4-3-13)8-15-10/h2,5,7-8H,3-4,6,13H2,1H3,(H,14,17). The van der Waals surface area contributed by atoms with Gasteiger partial charge in [0.1, 0.15) is 5.69 Å². The zero-order chi connectivity index (χ0) is 13.0. The summed E-state index contributed by atoms with van der Waals surface area (Å²) >= 11 is 1.64. The average Bonchev–Trinajstić information content (AvgIpc) is 2.96. The Labute approximate surface area is 110 Å². The van der Waals surface area contributed by atoms with Crippen LogP contribution in [0.3, 0.4) is 0 Å². The van der Waals surface area contributed by atoms with Gasteiger partial charge in [0.05, 0.1) is 12.9 Å². The highest BCUT2D eigenvalue weighted by molar-refractivity contribution is 7.10. The van der Waals surface area contributed by atoms with E-state index in [1.807, 2.05) is 22.9 Å². The number of hydrogen-bond donors (Lipinski definition) is 2. The fourth-order valence-corrected chi connectivity index (χ4v) is 2.43. The maximum absolute atomic E-state index is 11.9. The molecule has 0 radical (unpaired) electrons. The number of nitrogens with two attached hydrogens (primary N) is 1. The first-order valence-electron chi connectivity index (χ1n) is 5.73. The number of hydrogen-bond acceptors (Lipinski definition) is 4. The first kappa shape index (κ1) is 12.8. The van der Waals surface area contributed by atoms with Gasteiger partial charge in [-0.3, -0.25) is 4.79 Å². The van der Waals surface area contributed by atoms with Gasteiger partial charge >= 0.3 is 0 Å². The van der Waals surface area contributed by atoms with E-state index in [0.717, 1.165) is 0 Å². The molecule has 0 bridgehead atoms. The van der Waals surface area contributed by atoms with Crippen LogP contribution < -0.4 is 11.1 Å². The molecule has 0 spiro atoms. The number of nitrogens with one attached hydrogen (secondary N) is 1. The van der Waals surface area contributed by atoms with Gasteiger partial charge in [-0.05, 0) is 23.9 Å². The predicted octanol–water partition coefficient (Wildman–Crippen LogP) is 1.14. The van der Waals surface area contributed by atoms with Crippen LogP contribution in [0, 0.1) is 6.92 Å². The molecule has 96 valence electrons. The first-order valence-corrected chi connectivity index (χ1v) is 6.61. The second-order valence-electron chi connectivity index (χ2n) is 3.99. The Kier molecular flexibility index (Phi) is 4.11. The number of imidazole rings is 1. The van der Waals surface area contributed by atoms with Crippen molar-refractivity contribution in [3.63, 3.8) is 0 Å². The smallest absolute Gasteiger partial charge is 0.271 e. The SMILES string of the molecule is Cc1ccsc1CNC(=O)c1cn(CCN)cn1. The molecule has 5 nitrogen and oxygen atoms in total. The van der Waals surface area contributed by atoms with Crippen LogP contribution in [0.2, 0.25) is 0 Å². The number of amides is 1. The fourth-order valence-electron chi connectivity index (χ4n) is 1.59. The van der Waals surface area contributed by atoms with Crippen LogP contribution in [0.5, 0.6) is 0 Å². The molecule has 6 heteroatoms. The molecule has 0 fully saturated rings. The van der Waals surface area contributed by atoms with E-state index in [-0.39, 0.29) is 5.91 Å². The molecule has 3 N–H and O–H groups in total. The Morgan fingerprint density at radius 1 is 1.61 bits per heavy atom. The third-order valence-electron chi connectivity index (χ3n) is 2.63. The van der Waals surface area contributed by atoms with Crippen molar-refractivity contribution in [3.05, 3.63) is 40.1 Å². The molecule has 0 atom stereocenters. The van der Waals surface area contributed by atoms with Gasteiger partial charge in [0.2, 0.25) is 0 Å². The van der Waals surface area contributed by atoms with Crippen molar-refractivity contribution in [1.29, 1.82) is 0 Å². The minimum atomic E-state index is -0.154. The predicted molar refractivity (Wildman–Crippen MR) is 71.5 cm³/mol. The number of aromatic nitrogens is 2.